The van der Waals surface area contributed by atoms with E-state index in [1.54, 1.807) is 59.0 Å². The van der Waals surface area contributed by atoms with E-state index in [1.165, 1.54) is 49.5 Å². The van der Waals surface area contributed by atoms with Crippen LogP contribution in [0.5, 0.6) is 5.75 Å². The lowest BCUT2D eigenvalue weighted by Gasteiger charge is -2.44. The van der Waals surface area contributed by atoms with Crippen molar-refractivity contribution >= 4 is 104 Å². The minimum absolute atomic E-state index is 0.0544. The number of anilines is 3. The standard InChI is InChI=1S/C55H74BrClN10O14S/c1-29(2)46(64-51(82)60-20-9-10-22-67-42(68)18-19-43(67)69)49(72)63-36(14-12-21-59-50(58)73)48(71)62-35-17-16-33(26-34(35)56)61-52(74)80-41-27-44(70)66(6)37-24-32(25-38(77-7)45(37)57)23-30(3)13-11-15-40(78-8)55(76)28-39(79-53(75)65-55)31(4)47-54(41,5)81-47/h11,13,15-19,24-26,29,31,36,39-41,46-47,53,65,75-76H,9-10,12,14,20-23,27-28H2,1-8H3,(H,61,74)(H,62,71)(H,63,72)(H3,58,59,73)(H2,60,64,82)/b15-11+,30-13+/t31-,36+,39+,40-,41+,46+,47+,53?,54+,55+/m1/s1. The Bertz CT molecular complexity index is 2810. The van der Waals surface area contributed by atoms with Gasteiger partial charge >= 0.3 is 12.1 Å². The highest BCUT2D eigenvalue weighted by atomic mass is 79.9. The van der Waals surface area contributed by atoms with Gasteiger partial charge in [0.1, 0.15) is 40.7 Å². The first-order valence-corrected chi connectivity index (χ1v) is 28.4. The van der Waals surface area contributed by atoms with E-state index in [1.807, 2.05) is 13.0 Å². The van der Waals surface area contributed by atoms with Crippen molar-refractivity contribution < 1.29 is 67.5 Å². The first-order chi connectivity index (χ1) is 38.8. The van der Waals surface area contributed by atoms with Gasteiger partial charge in [0.05, 0.1) is 37.1 Å². The summed E-state index contributed by atoms with van der Waals surface area (Å²) in [5.41, 5.74) is 4.65. The van der Waals surface area contributed by atoms with Crippen molar-refractivity contribution in [2.75, 3.05) is 56.4 Å². The van der Waals surface area contributed by atoms with E-state index in [2.05, 4.69) is 53.1 Å². The zero-order chi connectivity index (χ0) is 60.2. The van der Waals surface area contributed by atoms with Crippen LogP contribution < -0.4 is 52.6 Å². The molecule has 0 radical (unpaired) electrons. The van der Waals surface area contributed by atoms with E-state index in [4.69, 9.17) is 53.2 Å². The van der Waals surface area contributed by atoms with E-state index < -0.39 is 96.4 Å². The lowest BCUT2D eigenvalue weighted by molar-refractivity contribution is -0.271. The number of aliphatic hydroxyl groups is 2. The molecule has 4 heterocycles. The number of aliphatic hydroxyl groups excluding tert-OH is 1. The average Bonchev–Trinajstić information content (AvgIpc) is 2.70. The molecular formula is C55H74BrClN10O14S. The van der Waals surface area contributed by atoms with Gasteiger partial charge in [-0.15, -0.1) is 0 Å². The van der Waals surface area contributed by atoms with Gasteiger partial charge in [-0.3, -0.25) is 34.2 Å². The monoisotopic (exact) mass is 1240 g/mol. The second kappa shape index (κ2) is 28.8. The third-order valence-corrected chi connectivity index (χ3v) is 15.9. The maximum Gasteiger partial charge on any atom is 0.412 e. The predicted molar refractivity (Wildman–Crippen MR) is 312 cm³/mol. The summed E-state index contributed by atoms with van der Waals surface area (Å²) in [6.45, 7) is 9.77. The fourth-order valence-corrected chi connectivity index (χ4v) is 11.0. The quantitative estimate of drug-likeness (QED) is 0.0404. The number of carbonyl (C=O) groups is 7. The molecule has 11 N–H and O–H groups in total. The molecule has 2 aromatic carbocycles. The first kappa shape index (κ1) is 64.9. The van der Waals surface area contributed by atoms with Crippen LogP contribution in [0.1, 0.15) is 78.7 Å². The number of allylic oxidation sites excluding steroid dienone is 3. The number of halogens is 2. The van der Waals surface area contributed by atoms with Crippen LogP contribution in [0.25, 0.3) is 0 Å². The van der Waals surface area contributed by atoms with Gasteiger partial charge < -0.3 is 71.1 Å². The number of carbonyl (C=O) groups excluding carboxylic acids is 7. The molecule has 24 nitrogen and oxygen atoms in total. The number of amides is 8. The Kier molecular flexibility index (Phi) is 22.8. The molecule has 2 saturated heterocycles. The highest BCUT2D eigenvalue weighted by molar-refractivity contribution is 9.10. The summed E-state index contributed by atoms with van der Waals surface area (Å²) >= 11 is 15.8. The molecule has 4 bridgehead atoms. The molecule has 0 aliphatic carbocycles. The van der Waals surface area contributed by atoms with Crippen molar-refractivity contribution in [3.05, 3.63) is 81.3 Å². The molecule has 2 fully saturated rings. The van der Waals surface area contributed by atoms with Crippen molar-refractivity contribution in [3.8, 4) is 5.75 Å². The molecule has 0 spiro atoms. The Balaban J connectivity index is 1.16. The maximum absolute atomic E-state index is 14.4. The fourth-order valence-electron chi connectivity index (χ4n) is 9.93. The number of urea groups is 1. The lowest BCUT2D eigenvalue weighted by Crippen LogP contribution is -2.65. The smallest absolute Gasteiger partial charge is 0.412 e. The van der Waals surface area contributed by atoms with E-state index in [9.17, 15) is 43.8 Å². The summed E-state index contributed by atoms with van der Waals surface area (Å²) in [5, 5.41) is 42.7. The number of primary amides is 1. The lowest BCUT2D eigenvalue weighted by atomic mass is 9.83. The second-order valence-corrected chi connectivity index (χ2v) is 22.7. The number of imide groups is 1. The van der Waals surface area contributed by atoms with Gasteiger partial charge in [-0.2, -0.15) is 0 Å². The van der Waals surface area contributed by atoms with Crippen molar-refractivity contribution in [3.63, 3.8) is 0 Å². The fraction of sp³-hybridized carbons (Fsp3) is 0.527. The molecule has 4 aliphatic rings. The molecule has 1 unspecified atom stereocenters. The van der Waals surface area contributed by atoms with E-state index in [0.29, 0.717) is 41.7 Å². The molecule has 10 atom stereocenters. The van der Waals surface area contributed by atoms with E-state index >= 15 is 0 Å². The molecule has 2 aromatic rings. The number of hydrogen-bond acceptors (Lipinski definition) is 16. The molecule has 8 amide bonds. The Morgan fingerprint density at radius 1 is 1.01 bits per heavy atom. The number of thiocarbonyl (C=S) groups is 1. The number of rotatable bonds is 19. The molecule has 0 aromatic heterocycles. The Morgan fingerprint density at radius 2 is 1.72 bits per heavy atom. The van der Waals surface area contributed by atoms with Crippen molar-refractivity contribution in [1.82, 2.24) is 31.5 Å². The Labute approximate surface area is 495 Å². The summed E-state index contributed by atoms with van der Waals surface area (Å²) < 4.78 is 30.0. The third kappa shape index (κ3) is 17.0. The van der Waals surface area contributed by atoms with Crippen LogP contribution >= 0.6 is 39.7 Å². The number of nitrogens with zero attached hydrogens (tertiary/aromatic N) is 2. The number of benzene rings is 2. The van der Waals surface area contributed by atoms with Crippen molar-refractivity contribution in [2.45, 2.75) is 134 Å². The van der Waals surface area contributed by atoms with Crippen LogP contribution in [-0.2, 0) is 49.3 Å². The number of methoxy groups -OCH3 is 2. The molecule has 27 heteroatoms. The number of nitrogens with two attached hydrogens (primary N) is 1. The van der Waals surface area contributed by atoms with Gasteiger partial charge in [0, 0.05) is 68.4 Å². The largest absolute Gasteiger partial charge is 0.495 e. The van der Waals surface area contributed by atoms with Gasteiger partial charge in [0.2, 0.25) is 24.1 Å². The number of ether oxygens (including phenoxy) is 5. The zero-order valence-corrected chi connectivity index (χ0v) is 50.1. The summed E-state index contributed by atoms with van der Waals surface area (Å²) in [6, 6.07) is 5.28. The SMILES string of the molecule is COc1cc2cc(c1Cl)N(C)C(=O)C[C@H](OC(=O)Nc1ccc(NC(=O)[C@H](CCCNC(N)=O)NC(=O)[C@@H](NC(=S)NCCCCN3C(=O)C=CC3=O)C(C)C)c(Br)c1)[C@]1(C)O[C@H]1[C@H](C)[C@@H]1C[C@@](O)(NC(O)O1)[C@H](OC)/C=C/C=C(\C)C2. The molecule has 0 saturated carbocycles. The minimum atomic E-state index is -1.80. The van der Waals surface area contributed by atoms with Crippen LogP contribution in [0, 0.1) is 11.8 Å². The number of epoxide rings is 1. The van der Waals surface area contributed by atoms with Gasteiger partial charge in [-0.05, 0) is 116 Å². The third-order valence-electron chi connectivity index (χ3n) is 14.6. The van der Waals surface area contributed by atoms with Crippen LogP contribution in [0.15, 0.2) is 70.8 Å². The summed E-state index contributed by atoms with van der Waals surface area (Å²) in [6.07, 6.45) is 2.84. The topological polar surface area (TPSA) is 326 Å². The first-order valence-electron chi connectivity index (χ1n) is 26.8. The molecule has 4 aliphatic heterocycles. The van der Waals surface area contributed by atoms with E-state index in [0.717, 1.165) is 16.0 Å². The second-order valence-electron chi connectivity index (χ2n) is 21.1. The maximum atomic E-state index is 14.4. The van der Waals surface area contributed by atoms with Crippen LogP contribution in [0.4, 0.5) is 26.7 Å². The van der Waals surface area contributed by atoms with Crippen molar-refractivity contribution in [2.24, 2.45) is 17.6 Å². The van der Waals surface area contributed by atoms with Crippen LogP contribution in [-0.4, -0.2) is 157 Å². The molecule has 448 valence electrons. The van der Waals surface area contributed by atoms with Gasteiger partial charge in [-0.1, -0.05) is 56.2 Å². The summed E-state index contributed by atoms with van der Waals surface area (Å²) in [7, 11) is 4.45. The highest BCUT2D eigenvalue weighted by Crippen LogP contribution is 2.49. The van der Waals surface area contributed by atoms with E-state index in [-0.39, 0.29) is 71.6 Å². The molecule has 6 rings (SSSR count). The Hall–Kier alpha value is -6.23. The molecular weight excluding hydrogens is 1170 g/mol. The number of fused-ring (bicyclic) bond motifs is 5. The highest BCUT2D eigenvalue weighted by Gasteiger charge is 2.64. The van der Waals surface area contributed by atoms with Crippen molar-refractivity contribution in [1.29, 1.82) is 0 Å². The summed E-state index contributed by atoms with van der Waals surface area (Å²) in [4.78, 5) is 94.0. The number of unbranched alkanes of at least 4 members (excludes halogenated alkanes) is 1. The minimum Gasteiger partial charge on any atom is -0.495 e. The zero-order valence-electron chi connectivity index (χ0n) is 47.0. The van der Waals surface area contributed by atoms with Crippen LogP contribution in [0.2, 0.25) is 5.02 Å². The van der Waals surface area contributed by atoms with Crippen LogP contribution in [0.3, 0.4) is 0 Å². The number of nitrogens with one attached hydrogen (secondary N) is 7. The normalized spacial score (nSPS) is 26.4. The predicted octanol–water partition coefficient (Wildman–Crippen LogP) is 4.36. The van der Waals surface area contributed by atoms with Gasteiger partial charge in [-0.25, -0.2) is 14.9 Å². The number of hydrogen-bond donors (Lipinski definition) is 10. The van der Waals surface area contributed by atoms with Gasteiger partial charge in [0.25, 0.3) is 11.8 Å². The molecule has 82 heavy (non-hydrogen) atoms. The average molecular weight is 1250 g/mol. The summed E-state index contributed by atoms with van der Waals surface area (Å²) in [5.74, 6) is -2.88. The van der Waals surface area contributed by atoms with Gasteiger partial charge in [0.15, 0.2) is 10.8 Å². The Morgan fingerprint density at radius 3 is 2.38 bits per heavy atom.